The van der Waals surface area contributed by atoms with Crippen LogP contribution >= 0.6 is 0 Å². The number of ether oxygens (including phenoxy) is 1. The second kappa shape index (κ2) is 5.78. The molecule has 1 saturated carbocycles. The molecule has 0 aromatic rings. The first-order chi connectivity index (χ1) is 6.33. The average Bonchev–Trinajstić information content (AvgIpc) is 2.16. The van der Waals surface area contributed by atoms with Gasteiger partial charge in [0.2, 0.25) is 0 Å². The standard InChI is InChI=1S/C9H16FNO2/c10-6-7-13-9(12)11-8-4-2-1-3-5-8/h8H,1-7H2,(H,11,12). The van der Waals surface area contributed by atoms with Gasteiger partial charge in [-0.15, -0.1) is 0 Å². The van der Waals surface area contributed by atoms with Gasteiger partial charge in [0.25, 0.3) is 0 Å². The van der Waals surface area contributed by atoms with E-state index >= 15 is 0 Å². The van der Waals surface area contributed by atoms with Crippen molar-refractivity contribution in [1.82, 2.24) is 5.32 Å². The molecule has 0 aliphatic heterocycles. The van der Waals surface area contributed by atoms with Crippen molar-refractivity contribution in [3.05, 3.63) is 0 Å². The highest BCUT2D eigenvalue weighted by atomic mass is 19.1. The van der Waals surface area contributed by atoms with Gasteiger partial charge in [-0.2, -0.15) is 0 Å². The third kappa shape index (κ3) is 4.10. The molecule has 1 amide bonds. The van der Waals surface area contributed by atoms with E-state index in [4.69, 9.17) is 0 Å². The Morgan fingerprint density at radius 1 is 1.38 bits per heavy atom. The Balaban J connectivity index is 2.11. The quantitative estimate of drug-likeness (QED) is 0.737. The zero-order valence-electron chi connectivity index (χ0n) is 7.72. The van der Waals surface area contributed by atoms with Crippen LogP contribution in [0.5, 0.6) is 0 Å². The Bertz CT molecular complexity index is 158. The van der Waals surface area contributed by atoms with E-state index < -0.39 is 12.8 Å². The zero-order chi connectivity index (χ0) is 9.52. The Morgan fingerprint density at radius 3 is 2.69 bits per heavy atom. The lowest BCUT2D eigenvalue weighted by Crippen LogP contribution is -2.36. The van der Waals surface area contributed by atoms with E-state index in [9.17, 15) is 9.18 Å². The largest absolute Gasteiger partial charge is 0.447 e. The van der Waals surface area contributed by atoms with Crippen molar-refractivity contribution in [2.45, 2.75) is 38.1 Å². The summed E-state index contributed by atoms with van der Waals surface area (Å²) in [6, 6.07) is 0.237. The Hall–Kier alpha value is -0.800. The third-order valence-electron chi connectivity index (χ3n) is 2.24. The van der Waals surface area contributed by atoms with E-state index in [1.54, 1.807) is 0 Å². The minimum Gasteiger partial charge on any atom is -0.447 e. The zero-order valence-corrected chi connectivity index (χ0v) is 7.72. The monoisotopic (exact) mass is 189 g/mol. The molecule has 1 aliphatic carbocycles. The van der Waals surface area contributed by atoms with E-state index in [-0.39, 0.29) is 12.6 Å². The Kier molecular flexibility index (Phi) is 4.57. The van der Waals surface area contributed by atoms with E-state index in [1.807, 2.05) is 0 Å². The first-order valence-electron chi connectivity index (χ1n) is 4.82. The lowest BCUT2D eigenvalue weighted by atomic mass is 9.96. The van der Waals surface area contributed by atoms with E-state index in [2.05, 4.69) is 10.1 Å². The van der Waals surface area contributed by atoms with Crippen LogP contribution in [0.2, 0.25) is 0 Å². The van der Waals surface area contributed by atoms with Crippen LogP contribution in [0.4, 0.5) is 9.18 Å². The second-order valence-corrected chi connectivity index (χ2v) is 3.30. The first kappa shape index (κ1) is 10.3. The smallest absolute Gasteiger partial charge is 0.407 e. The number of carbonyl (C=O) groups is 1. The lowest BCUT2D eigenvalue weighted by Gasteiger charge is -2.22. The molecule has 0 aromatic heterocycles. The highest BCUT2D eigenvalue weighted by Crippen LogP contribution is 2.17. The highest BCUT2D eigenvalue weighted by molar-refractivity contribution is 5.67. The molecule has 0 spiro atoms. The molecule has 76 valence electrons. The van der Waals surface area contributed by atoms with E-state index in [0.29, 0.717) is 0 Å². The number of hydrogen-bond acceptors (Lipinski definition) is 2. The number of amides is 1. The van der Waals surface area contributed by atoms with Crippen LogP contribution in [-0.2, 0) is 4.74 Å². The molecular formula is C9H16FNO2. The van der Waals surface area contributed by atoms with Crippen molar-refractivity contribution in [1.29, 1.82) is 0 Å². The molecule has 1 rings (SSSR count). The Morgan fingerprint density at radius 2 is 2.08 bits per heavy atom. The SMILES string of the molecule is O=C(NC1CCCCC1)OCCF. The van der Waals surface area contributed by atoms with Gasteiger partial charge in [-0.25, -0.2) is 9.18 Å². The lowest BCUT2D eigenvalue weighted by molar-refractivity contribution is 0.131. The van der Waals surface area contributed by atoms with Gasteiger partial charge in [-0.05, 0) is 12.8 Å². The van der Waals surface area contributed by atoms with E-state index in [1.165, 1.54) is 6.42 Å². The van der Waals surface area contributed by atoms with Crippen molar-refractivity contribution < 1.29 is 13.9 Å². The van der Waals surface area contributed by atoms with Gasteiger partial charge in [0.1, 0.15) is 13.3 Å². The maximum atomic E-state index is 11.6. The van der Waals surface area contributed by atoms with Gasteiger partial charge >= 0.3 is 6.09 Å². The molecule has 0 aromatic carbocycles. The molecule has 0 unspecified atom stereocenters. The normalized spacial score (nSPS) is 18.2. The van der Waals surface area contributed by atoms with Gasteiger partial charge in [-0.1, -0.05) is 19.3 Å². The van der Waals surface area contributed by atoms with Gasteiger partial charge in [0, 0.05) is 6.04 Å². The molecule has 0 radical (unpaired) electrons. The van der Waals surface area contributed by atoms with Crippen LogP contribution in [0, 0.1) is 0 Å². The summed E-state index contributed by atoms with van der Waals surface area (Å²) in [6.45, 7) is -0.753. The van der Waals surface area contributed by atoms with Crippen LogP contribution in [-0.4, -0.2) is 25.4 Å². The van der Waals surface area contributed by atoms with Gasteiger partial charge < -0.3 is 10.1 Å². The summed E-state index contributed by atoms with van der Waals surface area (Å²) in [6.07, 6.45) is 5.12. The number of hydrogen-bond donors (Lipinski definition) is 1. The van der Waals surface area contributed by atoms with Gasteiger partial charge in [0.05, 0.1) is 0 Å². The van der Waals surface area contributed by atoms with Crippen molar-refractivity contribution in [2.75, 3.05) is 13.3 Å². The molecule has 4 heteroatoms. The minimum absolute atomic E-state index is 0.140. The van der Waals surface area contributed by atoms with Crippen LogP contribution in [0.15, 0.2) is 0 Å². The molecule has 1 N–H and O–H groups in total. The molecule has 13 heavy (non-hydrogen) atoms. The fraction of sp³-hybridized carbons (Fsp3) is 0.889. The molecular weight excluding hydrogens is 173 g/mol. The van der Waals surface area contributed by atoms with Crippen LogP contribution in [0.25, 0.3) is 0 Å². The molecule has 0 heterocycles. The summed E-state index contributed by atoms with van der Waals surface area (Å²) in [4.78, 5) is 11.0. The predicted molar refractivity (Wildman–Crippen MR) is 47.3 cm³/mol. The molecule has 0 bridgehead atoms. The van der Waals surface area contributed by atoms with Crippen LogP contribution in [0.3, 0.4) is 0 Å². The second-order valence-electron chi connectivity index (χ2n) is 3.30. The summed E-state index contributed by atoms with van der Waals surface area (Å²) in [7, 11) is 0. The summed E-state index contributed by atoms with van der Waals surface area (Å²) in [5.41, 5.74) is 0. The summed E-state index contributed by atoms with van der Waals surface area (Å²) in [5.74, 6) is 0. The van der Waals surface area contributed by atoms with Crippen molar-refractivity contribution in [2.24, 2.45) is 0 Å². The van der Waals surface area contributed by atoms with E-state index in [0.717, 1.165) is 25.7 Å². The topological polar surface area (TPSA) is 38.3 Å². The number of halogens is 1. The molecule has 1 fully saturated rings. The summed E-state index contributed by atoms with van der Waals surface area (Å²) >= 11 is 0. The number of rotatable bonds is 3. The maximum absolute atomic E-state index is 11.6. The minimum atomic E-state index is -0.613. The molecule has 0 saturated heterocycles. The molecule has 1 aliphatic rings. The highest BCUT2D eigenvalue weighted by Gasteiger charge is 2.15. The molecule has 0 atom stereocenters. The Labute approximate surface area is 77.6 Å². The fourth-order valence-corrected chi connectivity index (χ4v) is 1.59. The first-order valence-corrected chi connectivity index (χ1v) is 4.82. The number of alkyl halides is 1. The summed E-state index contributed by atoms with van der Waals surface area (Å²) < 4.78 is 16.2. The number of alkyl carbamates (subject to hydrolysis) is 1. The van der Waals surface area contributed by atoms with Gasteiger partial charge in [-0.3, -0.25) is 0 Å². The van der Waals surface area contributed by atoms with Gasteiger partial charge in [0.15, 0.2) is 0 Å². The summed E-state index contributed by atoms with van der Waals surface area (Å²) in [5, 5.41) is 2.73. The van der Waals surface area contributed by atoms with Crippen molar-refractivity contribution in [3.8, 4) is 0 Å². The number of carbonyl (C=O) groups excluding carboxylic acids is 1. The van der Waals surface area contributed by atoms with Crippen molar-refractivity contribution >= 4 is 6.09 Å². The maximum Gasteiger partial charge on any atom is 0.407 e. The predicted octanol–water partition coefficient (Wildman–Crippen LogP) is 2.01. The average molecular weight is 189 g/mol. The van der Waals surface area contributed by atoms with Crippen LogP contribution in [0.1, 0.15) is 32.1 Å². The molecule has 3 nitrogen and oxygen atoms in total. The number of nitrogens with one attached hydrogen (secondary N) is 1. The fourth-order valence-electron chi connectivity index (χ4n) is 1.59. The van der Waals surface area contributed by atoms with Crippen molar-refractivity contribution in [3.63, 3.8) is 0 Å². The third-order valence-corrected chi connectivity index (χ3v) is 2.24. The van der Waals surface area contributed by atoms with Crippen LogP contribution < -0.4 is 5.32 Å².